The molecule has 0 aliphatic rings. The summed E-state index contributed by atoms with van der Waals surface area (Å²) in [6.07, 6.45) is 4.70. The normalized spacial score (nSPS) is 13.8. The second kappa shape index (κ2) is 10.4. The molecule has 142 valence electrons. The first-order valence-electron chi connectivity index (χ1n) is 8.80. The fraction of sp³-hybridized carbons (Fsp3) is 0.611. The molecular formula is C18H32N4O2S. The molecule has 0 heterocycles. The van der Waals surface area contributed by atoms with Crippen molar-refractivity contribution in [1.82, 2.24) is 14.9 Å². The second-order valence-electron chi connectivity index (χ2n) is 6.36. The van der Waals surface area contributed by atoms with E-state index < -0.39 is 10.0 Å². The molecule has 25 heavy (non-hydrogen) atoms. The lowest BCUT2D eigenvalue weighted by Gasteiger charge is -2.19. The number of nitrogens with zero attached hydrogens (tertiary/aromatic N) is 2. The lowest BCUT2D eigenvalue weighted by Crippen LogP contribution is -2.42. The summed E-state index contributed by atoms with van der Waals surface area (Å²) >= 11 is 0. The maximum atomic E-state index is 12.4. The van der Waals surface area contributed by atoms with Gasteiger partial charge in [0, 0.05) is 33.7 Å². The molecule has 1 aromatic carbocycles. The predicted molar refractivity (Wildman–Crippen MR) is 104 cm³/mol. The van der Waals surface area contributed by atoms with Gasteiger partial charge in [0.2, 0.25) is 10.0 Å². The van der Waals surface area contributed by atoms with Gasteiger partial charge in [-0.25, -0.2) is 12.7 Å². The van der Waals surface area contributed by atoms with Gasteiger partial charge in [-0.2, -0.15) is 0 Å². The number of hydrogen-bond acceptors (Lipinski definition) is 3. The van der Waals surface area contributed by atoms with Crippen LogP contribution >= 0.6 is 0 Å². The van der Waals surface area contributed by atoms with Crippen molar-refractivity contribution in [3.8, 4) is 0 Å². The number of rotatable bonds is 9. The minimum Gasteiger partial charge on any atom is -0.354 e. The Morgan fingerprint density at radius 3 is 2.52 bits per heavy atom. The first-order chi connectivity index (χ1) is 11.8. The molecule has 1 atom stereocenters. The molecule has 1 rings (SSSR count). The van der Waals surface area contributed by atoms with Gasteiger partial charge in [-0.3, -0.25) is 4.99 Å². The van der Waals surface area contributed by atoms with Gasteiger partial charge < -0.3 is 10.6 Å². The molecule has 1 unspecified atom stereocenters. The van der Waals surface area contributed by atoms with Crippen LogP contribution < -0.4 is 10.6 Å². The van der Waals surface area contributed by atoms with E-state index in [2.05, 4.69) is 29.5 Å². The van der Waals surface area contributed by atoms with Crippen molar-refractivity contribution in [3.63, 3.8) is 0 Å². The molecule has 1 aromatic rings. The lowest BCUT2D eigenvalue weighted by molar-refractivity contribution is 0.519. The standard InChI is InChI=1S/C18H32N4O2S/c1-6-7-8-11-15(2)21-18(19-3)20-14-16-12-9-10-13-17(16)25(23,24)22(4)5/h9-10,12-13,15H,6-8,11,14H2,1-5H3,(H2,19,20,21). The van der Waals surface area contributed by atoms with Crippen LogP contribution in [0.2, 0.25) is 0 Å². The SMILES string of the molecule is CCCCCC(C)NC(=NC)NCc1ccccc1S(=O)(=O)N(C)C. The van der Waals surface area contributed by atoms with Crippen LogP contribution in [-0.4, -0.2) is 45.9 Å². The van der Waals surface area contributed by atoms with Crippen molar-refractivity contribution in [2.45, 2.75) is 57.0 Å². The summed E-state index contributed by atoms with van der Waals surface area (Å²) in [6.45, 7) is 4.72. The van der Waals surface area contributed by atoms with Crippen LogP contribution in [0.1, 0.15) is 45.1 Å². The van der Waals surface area contributed by atoms with Gasteiger partial charge in [0.15, 0.2) is 5.96 Å². The van der Waals surface area contributed by atoms with Gasteiger partial charge in [0.25, 0.3) is 0 Å². The van der Waals surface area contributed by atoms with Crippen molar-refractivity contribution >= 4 is 16.0 Å². The Balaban J connectivity index is 2.74. The Hall–Kier alpha value is -1.60. The number of aliphatic imine (C=N–C) groups is 1. The Labute approximate surface area is 152 Å². The third kappa shape index (κ3) is 6.66. The molecule has 0 aromatic heterocycles. The molecule has 0 amide bonds. The number of unbranched alkanes of at least 4 members (excludes halogenated alkanes) is 2. The van der Waals surface area contributed by atoms with Crippen molar-refractivity contribution in [1.29, 1.82) is 0 Å². The number of guanidine groups is 1. The highest BCUT2D eigenvalue weighted by atomic mass is 32.2. The van der Waals surface area contributed by atoms with E-state index in [0.29, 0.717) is 23.4 Å². The predicted octanol–water partition coefficient (Wildman–Crippen LogP) is 2.57. The van der Waals surface area contributed by atoms with Gasteiger partial charge in [-0.1, -0.05) is 44.4 Å². The van der Waals surface area contributed by atoms with E-state index in [1.54, 1.807) is 19.2 Å². The van der Waals surface area contributed by atoms with E-state index >= 15 is 0 Å². The summed E-state index contributed by atoms with van der Waals surface area (Å²) in [5.41, 5.74) is 0.720. The number of hydrogen-bond donors (Lipinski definition) is 2. The topological polar surface area (TPSA) is 73.8 Å². The Morgan fingerprint density at radius 1 is 1.24 bits per heavy atom. The number of nitrogens with one attached hydrogen (secondary N) is 2. The highest BCUT2D eigenvalue weighted by molar-refractivity contribution is 7.89. The van der Waals surface area contributed by atoms with E-state index in [1.165, 1.54) is 37.7 Å². The minimum atomic E-state index is -3.47. The molecule has 7 heteroatoms. The van der Waals surface area contributed by atoms with Crippen molar-refractivity contribution in [3.05, 3.63) is 29.8 Å². The third-order valence-electron chi connectivity index (χ3n) is 4.02. The number of sulfonamides is 1. The first kappa shape index (κ1) is 21.4. The van der Waals surface area contributed by atoms with Crippen molar-refractivity contribution in [2.24, 2.45) is 4.99 Å². The van der Waals surface area contributed by atoms with Crippen LogP contribution in [0.15, 0.2) is 34.2 Å². The van der Waals surface area contributed by atoms with E-state index in [4.69, 9.17) is 0 Å². The van der Waals surface area contributed by atoms with Gasteiger partial charge >= 0.3 is 0 Å². The Bertz CT molecular complexity index is 657. The molecule has 0 saturated carbocycles. The van der Waals surface area contributed by atoms with Gasteiger partial charge in [-0.05, 0) is 25.0 Å². The van der Waals surface area contributed by atoms with Gasteiger partial charge in [-0.15, -0.1) is 0 Å². The van der Waals surface area contributed by atoms with Crippen LogP contribution in [0.5, 0.6) is 0 Å². The highest BCUT2D eigenvalue weighted by Gasteiger charge is 2.20. The van der Waals surface area contributed by atoms with E-state index in [-0.39, 0.29) is 0 Å². The molecule has 0 radical (unpaired) electrons. The Kier molecular flexibility index (Phi) is 8.92. The zero-order valence-corrected chi connectivity index (χ0v) is 16.9. The van der Waals surface area contributed by atoms with E-state index in [9.17, 15) is 8.42 Å². The van der Waals surface area contributed by atoms with Crippen LogP contribution in [0.4, 0.5) is 0 Å². The zero-order chi connectivity index (χ0) is 18.9. The molecule has 2 N–H and O–H groups in total. The monoisotopic (exact) mass is 368 g/mol. The smallest absolute Gasteiger partial charge is 0.242 e. The van der Waals surface area contributed by atoms with Crippen LogP contribution in [0.25, 0.3) is 0 Å². The largest absolute Gasteiger partial charge is 0.354 e. The van der Waals surface area contributed by atoms with Gasteiger partial charge in [0.05, 0.1) is 4.90 Å². The summed E-state index contributed by atoms with van der Waals surface area (Å²) in [4.78, 5) is 4.55. The van der Waals surface area contributed by atoms with Crippen LogP contribution in [-0.2, 0) is 16.6 Å². The first-order valence-corrected chi connectivity index (χ1v) is 10.2. The van der Waals surface area contributed by atoms with Crippen molar-refractivity contribution < 1.29 is 8.42 Å². The number of benzene rings is 1. The quantitative estimate of drug-likeness (QED) is 0.399. The lowest BCUT2D eigenvalue weighted by atomic mass is 10.1. The van der Waals surface area contributed by atoms with Crippen molar-refractivity contribution in [2.75, 3.05) is 21.1 Å². The maximum Gasteiger partial charge on any atom is 0.242 e. The second-order valence-corrected chi connectivity index (χ2v) is 8.48. The van der Waals surface area contributed by atoms with Gasteiger partial charge in [0.1, 0.15) is 0 Å². The zero-order valence-electron chi connectivity index (χ0n) is 16.0. The van der Waals surface area contributed by atoms with Crippen LogP contribution in [0, 0.1) is 0 Å². The molecule has 0 aliphatic heterocycles. The maximum absolute atomic E-state index is 12.4. The minimum absolute atomic E-state index is 0.318. The molecule has 0 bridgehead atoms. The highest BCUT2D eigenvalue weighted by Crippen LogP contribution is 2.18. The fourth-order valence-corrected chi connectivity index (χ4v) is 3.59. The summed E-state index contributed by atoms with van der Waals surface area (Å²) in [5, 5.41) is 6.57. The van der Waals surface area contributed by atoms with E-state index in [0.717, 1.165) is 12.0 Å². The molecule has 0 fully saturated rings. The summed E-state index contributed by atoms with van der Waals surface area (Å²) in [6, 6.07) is 7.36. The average molecular weight is 369 g/mol. The fourth-order valence-electron chi connectivity index (χ4n) is 2.48. The summed E-state index contributed by atoms with van der Waals surface area (Å²) in [5.74, 6) is 0.682. The average Bonchev–Trinajstić information content (AvgIpc) is 2.58. The summed E-state index contributed by atoms with van der Waals surface area (Å²) in [7, 11) is 1.33. The molecular weight excluding hydrogens is 336 g/mol. The molecule has 0 saturated heterocycles. The molecule has 0 aliphatic carbocycles. The van der Waals surface area contributed by atoms with E-state index in [1.807, 2.05) is 12.1 Å². The Morgan fingerprint density at radius 2 is 1.92 bits per heavy atom. The van der Waals surface area contributed by atoms with Crippen LogP contribution in [0.3, 0.4) is 0 Å². The molecule has 0 spiro atoms. The molecule has 6 nitrogen and oxygen atoms in total. The third-order valence-corrected chi connectivity index (χ3v) is 5.94. The summed E-state index contributed by atoms with van der Waals surface area (Å²) < 4.78 is 26.1.